The van der Waals surface area contributed by atoms with E-state index in [-0.39, 0.29) is 36.5 Å². The lowest BCUT2D eigenvalue weighted by atomic mass is 10.1. The summed E-state index contributed by atoms with van der Waals surface area (Å²) >= 11 is 0. The van der Waals surface area contributed by atoms with Crippen LogP contribution in [0.4, 0.5) is 0 Å². The number of unbranched alkanes of at least 4 members (excludes halogenated alkanes) is 3. The fourth-order valence-electron chi connectivity index (χ4n) is 3.34. The molecule has 0 aliphatic carbocycles. The maximum Gasteiger partial charge on any atom is 0.338 e. The second kappa shape index (κ2) is 26.6. The molecule has 0 heterocycles. The first-order valence-corrected chi connectivity index (χ1v) is 14.7. The molecule has 0 aliphatic heterocycles. The Morgan fingerprint density at radius 1 is 0.542 bits per heavy atom. The molecule has 15 heteroatoms. The number of hydrogen-bond donors (Lipinski definition) is 3. The van der Waals surface area contributed by atoms with E-state index in [1.54, 1.807) is 0 Å². The van der Waals surface area contributed by atoms with Crippen molar-refractivity contribution < 1.29 is 72.5 Å². The summed E-state index contributed by atoms with van der Waals surface area (Å²) in [5.41, 5.74) is -0.498. The van der Waals surface area contributed by atoms with E-state index in [0.717, 1.165) is 0 Å². The van der Waals surface area contributed by atoms with E-state index < -0.39 is 47.8 Å². The van der Waals surface area contributed by atoms with Crippen LogP contribution in [0.15, 0.2) is 68.4 Å². The lowest BCUT2D eigenvalue weighted by Crippen LogP contribution is -2.14. The first kappa shape index (κ1) is 42.4. The number of rotatable bonds is 25. The van der Waals surface area contributed by atoms with Gasteiger partial charge >= 0.3 is 35.8 Å². The number of esters is 3. The molecule has 0 radical (unpaired) electrons. The smallest absolute Gasteiger partial charge is 0.338 e. The van der Waals surface area contributed by atoms with E-state index in [1.807, 2.05) is 0 Å². The standard InChI is InChI=1S/C27H36O9.C6H6O6/c1-4-31-13-7-10-16-34-25(28)22-19-23(26(29)35-17-11-8-14-32-5-2)21-24(20-22)27(30)36-18-12-9-15-33-6-3;7-4(8)1-3(6(11)12)2-5(9)10/h4-6,19-21H,1-3,7-18H2;1H,2H2,(H,7,8)(H,9,10)(H,11,12)/b;3-1+. The van der Waals surface area contributed by atoms with Crippen LogP contribution in [0, 0.1) is 0 Å². The zero-order valence-corrected chi connectivity index (χ0v) is 26.6. The van der Waals surface area contributed by atoms with Crippen molar-refractivity contribution in [1.29, 1.82) is 0 Å². The minimum absolute atomic E-state index is 0.0532. The fourth-order valence-corrected chi connectivity index (χ4v) is 3.34. The van der Waals surface area contributed by atoms with Gasteiger partial charge in [0, 0.05) is 6.08 Å². The minimum Gasteiger partial charge on any atom is -0.502 e. The number of carbonyl (C=O) groups is 6. The highest BCUT2D eigenvalue weighted by Crippen LogP contribution is 2.15. The molecule has 0 atom stereocenters. The highest BCUT2D eigenvalue weighted by Gasteiger charge is 2.19. The average Bonchev–Trinajstić information content (AvgIpc) is 3.04. The molecule has 48 heavy (non-hydrogen) atoms. The predicted molar refractivity (Wildman–Crippen MR) is 169 cm³/mol. The van der Waals surface area contributed by atoms with Crippen molar-refractivity contribution in [3.63, 3.8) is 0 Å². The molecule has 3 N–H and O–H groups in total. The molecule has 0 aliphatic rings. The third-order valence-electron chi connectivity index (χ3n) is 5.58. The molecule has 0 saturated carbocycles. The van der Waals surface area contributed by atoms with Crippen LogP contribution in [0.2, 0.25) is 0 Å². The third-order valence-corrected chi connectivity index (χ3v) is 5.58. The van der Waals surface area contributed by atoms with Crippen molar-refractivity contribution in [2.45, 2.75) is 44.9 Å². The van der Waals surface area contributed by atoms with Gasteiger partial charge in [0.15, 0.2) is 0 Å². The molecular formula is C33H42O15. The van der Waals surface area contributed by atoms with Gasteiger partial charge in [0.05, 0.1) is 87.1 Å². The Bertz CT molecular complexity index is 1140. The van der Waals surface area contributed by atoms with Crippen LogP contribution >= 0.6 is 0 Å². The summed E-state index contributed by atoms with van der Waals surface area (Å²) < 4.78 is 30.9. The van der Waals surface area contributed by atoms with Gasteiger partial charge in [0.25, 0.3) is 0 Å². The van der Waals surface area contributed by atoms with Crippen LogP contribution < -0.4 is 0 Å². The first-order valence-electron chi connectivity index (χ1n) is 14.7. The number of aliphatic carboxylic acids is 3. The van der Waals surface area contributed by atoms with Gasteiger partial charge in [0.2, 0.25) is 0 Å². The van der Waals surface area contributed by atoms with Crippen molar-refractivity contribution in [3.8, 4) is 0 Å². The summed E-state index contributed by atoms with van der Waals surface area (Å²) in [5, 5.41) is 24.5. The molecule has 0 saturated heterocycles. The van der Waals surface area contributed by atoms with Gasteiger partial charge in [0.1, 0.15) is 0 Å². The van der Waals surface area contributed by atoms with Gasteiger partial charge < -0.3 is 43.7 Å². The number of carbonyl (C=O) groups excluding carboxylic acids is 3. The van der Waals surface area contributed by atoms with Crippen LogP contribution in [0.5, 0.6) is 0 Å². The molecule has 1 aromatic rings. The Balaban J connectivity index is 0.00000155. The van der Waals surface area contributed by atoms with Crippen LogP contribution in [0.1, 0.15) is 76.0 Å². The number of carboxylic acid groups (broad SMARTS) is 3. The SMILES string of the molecule is C=COCCCCOC(=O)c1cc(C(=O)OCCCCOC=C)cc(C(=O)OCCCCOC=C)c1.O=C(O)/C=C(\CC(=O)O)C(=O)O. The number of carboxylic acids is 3. The first-order chi connectivity index (χ1) is 23.0. The lowest BCUT2D eigenvalue weighted by Gasteiger charge is -2.11. The molecule has 0 aromatic heterocycles. The molecule has 0 amide bonds. The maximum absolute atomic E-state index is 12.6. The summed E-state index contributed by atoms with van der Waals surface area (Å²) in [7, 11) is 0. The molecule has 1 rings (SSSR count). The Morgan fingerprint density at radius 3 is 1.10 bits per heavy atom. The van der Waals surface area contributed by atoms with Gasteiger partial charge in [-0.2, -0.15) is 0 Å². The third kappa shape index (κ3) is 21.2. The number of benzene rings is 1. The molecular weight excluding hydrogens is 636 g/mol. The van der Waals surface area contributed by atoms with Gasteiger partial charge in [-0.3, -0.25) is 4.79 Å². The van der Waals surface area contributed by atoms with Gasteiger partial charge in [-0.1, -0.05) is 19.7 Å². The largest absolute Gasteiger partial charge is 0.502 e. The van der Waals surface area contributed by atoms with Crippen LogP contribution in [0.3, 0.4) is 0 Å². The second-order valence-corrected chi connectivity index (χ2v) is 9.32. The van der Waals surface area contributed by atoms with Crippen molar-refractivity contribution >= 4 is 35.8 Å². The van der Waals surface area contributed by atoms with Crippen LogP contribution in [0.25, 0.3) is 0 Å². The normalized spacial score (nSPS) is 10.2. The monoisotopic (exact) mass is 678 g/mol. The highest BCUT2D eigenvalue weighted by molar-refractivity contribution is 6.00. The molecule has 264 valence electrons. The van der Waals surface area contributed by atoms with E-state index in [2.05, 4.69) is 19.7 Å². The summed E-state index contributed by atoms with van der Waals surface area (Å²) in [6.45, 7) is 12.3. The molecule has 1 aromatic carbocycles. The summed E-state index contributed by atoms with van der Waals surface area (Å²) in [4.78, 5) is 67.9. The molecule has 0 unspecified atom stereocenters. The Kier molecular flexibility index (Phi) is 23.5. The van der Waals surface area contributed by atoms with Crippen molar-refractivity contribution in [3.05, 3.63) is 85.1 Å². The Labute approximate surface area is 278 Å². The molecule has 0 fully saturated rings. The van der Waals surface area contributed by atoms with E-state index in [0.29, 0.717) is 64.4 Å². The van der Waals surface area contributed by atoms with Gasteiger partial charge in [-0.25, -0.2) is 24.0 Å². The van der Waals surface area contributed by atoms with E-state index >= 15 is 0 Å². The van der Waals surface area contributed by atoms with Crippen molar-refractivity contribution in [1.82, 2.24) is 0 Å². The second-order valence-electron chi connectivity index (χ2n) is 9.32. The van der Waals surface area contributed by atoms with E-state index in [1.165, 1.54) is 37.0 Å². The highest BCUT2D eigenvalue weighted by atomic mass is 16.5. The van der Waals surface area contributed by atoms with Gasteiger partial charge in [-0.05, 0) is 56.7 Å². The van der Waals surface area contributed by atoms with E-state index in [9.17, 15) is 28.8 Å². The van der Waals surface area contributed by atoms with E-state index in [4.69, 9.17) is 43.7 Å². The minimum atomic E-state index is -1.54. The van der Waals surface area contributed by atoms with Crippen molar-refractivity contribution in [2.24, 2.45) is 0 Å². The topological polar surface area (TPSA) is 218 Å². The zero-order valence-electron chi connectivity index (χ0n) is 26.6. The quantitative estimate of drug-likeness (QED) is 0.0425. The Hall–Kier alpha value is -5.60. The summed E-state index contributed by atoms with van der Waals surface area (Å²) in [5.74, 6) is -6.39. The molecule has 15 nitrogen and oxygen atoms in total. The lowest BCUT2D eigenvalue weighted by molar-refractivity contribution is -0.140. The van der Waals surface area contributed by atoms with Crippen LogP contribution in [-0.2, 0) is 42.8 Å². The fraction of sp³-hybridized carbons (Fsp3) is 0.394. The summed E-state index contributed by atoms with van der Waals surface area (Å²) in [6, 6.07) is 4.03. The number of ether oxygens (including phenoxy) is 6. The van der Waals surface area contributed by atoms with Crippen LogP contribution in [-0.4, -0.2) is 90.8 Å². The van der Waals surface area contributed by atoms with Gasteiger partial charge in [-0.15, -0.1) is 0 Å². The summed E-state index contributed by atoms with van der Waals surface area (Å²) in [6.07, 6.45) is 7.39. The Morgan fingerprint density at radius 2 is 0.854 bits per heavy atom. The molecule has 0 spiro atoms. The van der Waals surface area contributed by atoms with Crippen molar-refractivity contribution in [2.75, 3.05) is 39.6 Å². The maximum atomic E-state index is 12.6. The average molecular weight is 679 g/mol. The number of hydrogen-bond acceptors (Lipinski definition) is 12. The molecule has 0 bridgehead atoms. The predicted octanol–water partition coefficient (Wildman–Crippen LogP) is 4.53. The zero-order chi connectivity index (χ0) is 36.2.